The van der Waals surface area contributed by atoms with Crippen molar-refractivity contribution < 1.29 is 9.53 Å². The van der Waals surface area contributed by atoms with Gasteiger partial charge in [0.25, 0.3) is 0 Å². The predicted octanol–water partition coefficient (Wildman–Crippen LogP) is 7.36. The first-order valence-electron chi connectivity index (χ1n) is 12.7. The first-order chi connectivity index (χ1) is 14.7. The van der Waals surface area contributed by atoms with Gasteiger partial charge < -0.3 is 10.5 Å². The van der Waals surface area contributed by atoms with Crippen molar-refractivity contribution in [2.75, 3.05) is 6.61 Å². The molecule has 0 bridgehead atoms. The highest BCUT2D eigenvalue weighted by Crippen LogP contribution is 2.13. The molecule has 1 atom stereocenters. The lowest BCUT2D eigenvalue weighted by atomic mass is 10.0. The minimum atomic E-state index is -0.562. The van der Waals surface area contributed by atoms with Gasteiger partial charge in [0.05, 0.1) is 6.61 Å². The summed E-state index contributed by atoms with van der Waals surface area (Å²) in [5.41, 5.74) is 7.02. The molecule has 1 aromatic rings. The molecule has 30 heavy (non-hydrogen) atoms. The first-order valence-corrected chi connectivity index (χ1v) is 12.7. The van der Waals surface area contributed by atoms with Crippen LogP contribution in [0.3, 0.4) is 0 Å². The van der Waals surface area contributed by atoms with E-state index in [-0.39, 0.29) is 5.97 Å². The van der Waals surface area contributed by atoms with E-state index >= 15 is 0 Å². The summed E-state index contributed by atoms with van der Waals surface area (Å²) in [4.78, 5) is 12.0. The van der Waals surface area contributed by atoms with Gasteiger partial charge in [-0.25, -0.2) is 0 Å². The van der Waals surface area contributed by atoms with Crippen LogP contribution in [-0.2, 0) is 16.0 Å². The van der Waals surface area contributed by atoms with Crippen LogP contribution in [0.25, 0.3) is 0 Å². The molecule has 0 aliphatic carbocycles. The van der Waals surface area contributed by atoms with Crippen molar-refractivity contribution in [1.82, 2.24) is 0 Å². The summed E-state index contributed by atoms with van der Waals surface area (Å²) in [6.07, 6.45) is 22.1. The van der Waals surface area contributed by atoms with Crippen LogP contribution in [0.2, 0.25) is 0 Å². The zero-order valence-corrected chi connectivity index (χ0v) is 19.6. The van der Waals surface area contributed by atoms with Gasteiger partial charge in [-0.1, -0.05) is 134 Å². The van der Waals surface area contributed by atoms with E-state index in [0.29, 0.717) is 13.0 Å². The van der Waals surface area contributed by atoms with Crippen LogP contribution in [-0.4, -0.2) is 18.6 Å². The van der Waals surface area contributed by atoms with Crippen LogP contribution in [0.5, 0.6) is 0 Å². The number of rotatable bonds is 20. The van der Waals surface area contributed by atoms with Crippen molar-refractivity contribution in [3.63, 3.8) is 0 Å². The summed E-state index contributed by atoms with van der Waals surface area (Å²) < 4.78 is 5.33. The molecule has 0 amide bonds. The van der Waals surface area contributed by atoms with E-state index in [2.05, 4.69) is 6.92 Å². The smallest absolute Gasteiger partial charge is 0.323 e. The molecule has 0 saturated heterocycles. The number of nitrogens with two attached hydrogens (primary N) is 1. The molecule has 0 heterocycles. The summed E-state index contributed by atoms with van der Waals surface area (Å²) in [6, 6.07) is 9.30. The molecule has 2 N–H and O–H groups in total. The standard InChI is InChI=1S/C27H47NO2/c1-2-3-4-5-6-7-8-9-10-11-12-13-14-15-16-20-23-30-27(29)26(28)24-25-21-18-17-19-22-25/h17-19,21-22,26H,2-16,20,23-24,28H2,1H3. The van der Waals surface area contributed by atoms with Crippen LogP contribution < -0.4 is 5.73 Å². The Bertz CT molecular complexity index is 503. The Morgan fingerprint density at radius 2 is 1.17 bits per heavy atom. The number of esters is 1. The lowest BCUT2D eigenvalue weighted by molar-refractivity contribution is -0.145. The third kappa shape index (κ3) is 15.5. The van der Waals surface area contributed by atoms with Gasteiger partial charge in [-0.2, -0.15) is 0 Å². The second kappa shape index (κ2) is 19.6. The third-order valence-electron chi connectivity index (χ3n) is 5.84. The predicted molar refractivity (Wildman–Crippen MR) is 129 cm³/mol. The molecular formula is C27H47NO2. The van der Waals surface area contributed by atoms with E-state index in [1.165, 1.54) is 89.9 Å². The fourth-order valence-electron chi connectivity index (χ4n) is 3.88. The quantitative estimate of drug-likeness (QED) is 0.178. The number of carbonyl (C=O) groups excluding carboxylic acids is 1. The van der Waals surface area contributed by atoms with Crippen LogP contribution in [0.1, 0.15) is 115 Å². The number of carbonyl (C=O) groups is 1. The van der Waals surface area contributed by atoms with E-state index in [4.69, 9.17) is 10.5 Å². The number of benzene rings is 1. The van der Waals surface area contributed by atoms with Gasteiger partial charge in [0, 0.05) is 0 Å². The Morgan fingerprint density at radius 3 is 1.63 bits per heavy atom. The number of ether oxygens (including phenoxy) is 1. The first kappa shape index (κ1) is 26.7. The molecule has 0 radical (unpaired) electrons. The molecule has 172 valence electrons. The van der Waals surface area contributed by atoms with Gasteiger partial charge in [-0.3, -0.25) is 4.79 Å². The van der Waals surface area contributed by atoms with Crippen molar-refractivity contribution in [1.29, 1.82) is 0 Å². The zero-order valence-electron chi connectivity index (χ0n) is 19.6. The maximum absolute atomic E-state index is 12.0. The van der Waals surface area contributed by atoms with Gasteiger partial charge >= 0.3 is 5.97 Å². The maximum Gasteiger partial charge on any atom is 0.323 e. The molecule has 0 fully saturated rings. The lowest BCUT2D eigenvalue weighted by Gasteiger charge is -2.11. The molecule has 1 rings (SSSR count). The highest BCUT2D eigenvalue weighted by molar-refractivity contribution is 5.75. The molecule has 0 saturated carbocycles. The lowest BCUT2D eigenvalue weighted by Crippen LogP contribution is -2.34. The van der Waals surface area contributed by atoms with Gasteiger partial charge in [-0.15, -0.1) is 0 Å². The summed E-state index contributed by atoms with van der Waals surface area (Å²) in [5.74, 6) is -0.278. The Labute approximate surface area is 186 Å². The van der Waals surface area contributed by atoms with Crippen LogP contribution >= 0.6 is 0 Å². The fourth-order valence-corrected chi connectivity index (χ4v) is 3.88. The highest BCUT2D eigenvalue weighted by Gasteiger charge is 2.15. The van der Waals surface area contributed by atoms with Gasteiger partial charge in [0.2, 0.25) is 0 Å². The molecule has 0 aliphatic rings. The van der Waals surface area contributed by atoms with E-state index in [1.807, 2.05) is 30.3 Å². The van der Waals surface area contributed by atoms with Crippen molar-refractivity contribution in [2.45, 2.75) is 122 Å². The van der Waals surface area contributed by atoms with Crippen molar-refractivity contribution in [3.05, 3.63) is 35.9 Å². The summed E-state index contributed by atoms with van der Waals surface area (Å²) in [5, 5.41) is 0. The summed E-state index contributed by atoms with van der Waals surface area (Å²) in [7, 11) is 0. The average Bonchev–Trinajstić information content (AvgIpc) is 2.76. The zero-order chi connectivity index (χ0) is 21.7. The number of hydrogen-bond acceptors (Lipinski definition) is 3. The minimum Gasteiger partial charge on any atom is -0.465 e. The Hall–Kier alpha value is -1.35. The van der Waals surface area contributed by atoms with E-state index < -0.39 is 6.04 Å². The molecule has 1 unspecified atom stereocenters. The van der Waals surface area contributed by atoms with E-state index in [9.17, 15) is 4.79 Å². The van der Waals surface area contributed by atoms with Crippen molar-refractivity contribution in [3.8, 4) is 0 Å². The summed E-state index contributed by atoms with van der Waals surface area (Å²) in [6.45, 7) is 2.78. The van der Waals surface area contributed by atoms with Gasteiger partial charge in [0.1, 0.15) is 6.04 Å². The normalized spacial score (nSPS) is 12.1. The molecule has 0 aliphatic heterocycles. The Morgan fingerprint density at radius 1 is 0.733 bits per heavy atom. The minimum absolute atomic E-state index is 0.278. The number of unbranched alkanes of at least 4 members (excludes halogenated alkanes) is 15. The fraction of sp³-hybridized carbons (Fsp3) is 0.741. The van der Waals surface area contributed by atoms with Crippen LogP contribution in [0, 0.1) is 0 Å². The van der Waals surface area contributed by atoms with E-state index in [1.54, 1.807) is 0 Å². The second-order valence-corrected chi connectivity index (χ2v) is 8.77. The summed E-state index contributed by atoms with van der Waals surface area (Å²) >= 11 is 0. The number of hydrogen-bond donors (Lipinski definition) is 1. The second-order valence-electron chi connectivity index (χ2n) is 8.77. The van der Waals surface area contributed by atoms with Crippen LogP contribution in [0.4, 0.5) is 0 Å². The van der Waals surface area contributed by atoms with Gasteiger partial charge in [0.15, 0.2) is 0 Å². The van der Waals surface area contributed by atoms with Crippen molar-refractivity contribution >= 4 is 5.97 Å². The average molecular weight is 418 g/mol. The highest BCUT2D eigenvalue weighted by atomic mass is 16.5. The molecular weight excluding hydrogens is 370 g/mol. The molecule has 3 heteroatoms. The largest absolute Gasteiger partial charge is 0.465 e. The van der Waals surface area contributed by atoms with E-state index in [0.717, 1.165) is 18.4 Å². The third-order valence-corrected chi connectivity index (χ3v) is 5.84. The Balaban J connectivity index is 1.80. The maximum atomic E-state index is 12.0. The molecule has 0 aromatic heterocycles. The van der Waals surface area contributed by atoms with Crippen LogP contribution in [0.15, 0.2) is 30.3 Å². The SMILES string of the molecule is CCCCCCCCCCCCCCCCCCOC(=O)C(N)Cc1ccccc1. The monoisotopic (exact) mass is 417 g/mol. The molecule has 3 nitrogen and oxygen atoms in total. The topological polar surface area (TPSA) is 52.3 Å². The van der Waals surface area contributed by atoms with Gasteiger partial charge in [-0.05, 0) is 18.4 Å². The molecule has 1 aromatic carbocycles. The molecule has 0 spiro atoms. The Kier molecular flexibility index (Phi) is 17.4. The van der Waals surface area contributed by atoms with Crippen molar-refractivity contribution in [2.24, 2.45) is 5.73 Å².